The molecular formula is C33H50N2O6. The van der Waals surface area contributed by atoms with Gasteiger partial charge in [-0.15, -0.1) is 0 Å². The predicted octanol–water partition coefficient (Wildman–Crippen LogP) is 4.88. The highest BCUT2D eigenvalue weighted by Gasteiger charge is 2.36. The molecule has 1 aliphatic carbocycles. The number of methoxy groups -OCH3 is 2. The average Bonchev–Trinajstić information content (AvgIpc) is 2.99. The molecule has 1 fully saturated rings. The van der Waals surface area contributed by atoms with Crippen molar-refractivity contribution in [3.63, 3.8) is 0 Å². The second kappa shape index (κ2) is 17.0. The Hall–Kier alpha value is -2.20. The van der Waals surface area contributed by atoms with E-state index in [-0.39, 0.29) is 18.1 Å². The van der Waals surface area contributed by atoms with E-state index in [1.165, 1.54) is 11.1 Å². The molecule has 0 unspecified atom stereocenters. The number of hydrogen-bond donors (Lipinski definition) is 0. The first kappa shape index (κ1) is 31.7. The lowest BCUT2D eigenvalue weighted by molar-refractivity contribution is -0.0707. The highest BCUT2D eigenvalue weighted by molar-refractivity contribution is 5.61. The summed E-state index contributed by atoms with van der Waals surface area (Å²) >= 11 is 0. The van der Waals surface area contributed by atoms with Crippen LogP contribution in [0.25, 0.3) is 0 Å². The highest BCUT2D eigenvalue weighted by atomic mass is 16.5. The molecule has 2 aromatic rings. The summed E-state index contributed by atoms with van der Waals surface area (Å²) in [6, 6.07) is 15.3. The second-order valence-electron chi connectivity index (χ2n) is 11.3. The quantitative estimate of drug-likeness (QED) is 0.249. The molecule has 1 saturated carbocycles. The monoisotopic (exact) mass is 570 g/mol. The Labute approximate surface area is 246 Å². The summed E-state index contributed by atoms with van der Waals surface area (Å²) in [5.74, 6) is 1.13. The SMILES string of the molecule is COCCCN1CCOc2ccc(CO[C@H]3CCC[C@@H](OCCN(C)C)[C@@H]3c3ccc(COCCOC)cc3)cc21. The molecule has 4 rings (SSSR count). The molecule has 8 heteroatoms. The molecule has 3 atom stereocenters. The van der Waals surface area contributed by atoms with Crippen molar-refractivity contribution in [1.82, 2.24) is 4.90 Å². The van der Waals surface area contributed by atoms with Gasteiger partial charge in [-0.05, 0) is 68.6 Å². The van der Waals surface area contributed by atoms with Crippen LogP contribution in [0.2, 0.25) is 0 Å². The van der Waals surface area contributed by atoms with Crippen LogP contribution in [-0.2, 0) is 36.9 Å². The average molecular weight is 571 g/mol. The number of likely N-dealkylation sites (N-methyl/N-ethyl adjacent to an activating group) is 1. The molecule has 8 nitrogen and oxygen atoms in total. The van der Waals surface area contributed by atoms with E-state index in [0.717, 1.165) is 75.5 Å². The number of anilines is 1. The van der Waals surface area contributed by atoms with Crippen molar-refractivity contribution in [2.75, 3.05) is 85.9 Å². The van der Waals surface area contributed by atoms with Gasteiger partial charge in [-0.1, -0.05) is 30.3 Å². The zero-order valence-electron chi connectivity index (χ0n) is 25.5. The van der Waals surface area contributed by atoms with Crippen molar-refractivity contribution in [2.45, 2.75) is 57.0 Å². The Kier molecular flexibility index (Phi) is 13.2. The maximum atomic E-state index is 6.73. The van der Waals surface area contributed by atoms with Crippen LogP contribution in [0.15, 0.2) is 42.5 Å². The van der Waals surface area contributed by atoms with Crippen LogP contribution >= 0.6 is 0 Å². The molecule has 1 aliphatic heterocycles. The summed E-state index contributed by atoms with van der Waals surface area (Å²) in [5.41, 5.74) is 4.76. The number of hydrogen-bond acceptors (Lipinski definition) is 8. The number of rotatable bonds is 17. The van der Waals surface area contributed by atoms with Crippen molar-refractivity contribution in [2.24, 2.45) is 0 Å². The van der Waals surface area contributed by atoms with Gasteiger partial charge in [0.15, 0.2) is 0 Å². The molecule has 41 heavy (non-hydrogen) atoms. The number of ether oxygens (including phenoxy) is 6. The minimum Gasteiger partial charge on any atom is -0.490 e. The summed E-state index contributed by atoms with van der Waals surface area (Å²) in [4.78, 5) is 4.57. The Morgan fingerprint density at radius 2 is 1.61 bits per heavy atom. The Morgan fingerprint density at radius 1 is 0.854 bits per heavy atom. The van der Waals surface area contributed by atoms with Crippen LogP contribution in [0, 0.1) is 0 Å². The van der Waals surface area contributed by atoms with Crippen LogP contribution < -0.4 is 9.64 Å². The van der Waals surface area contributed by atoms with Crippen LogP contribution in [0.5, 0.6) is 5.75 Å². The van der Waals surface area contributed by atoms with Crippen LogP contribution in [-0.4, -0.2) is 98.1 Å². The predicted molar refractivity (Wildman–Crippen MR) is 162 cm³/mol. The number of benzene rings is 2. The van der Waals surface area contributed by atoms with Gasteiger partial charge < -0.3 is 38.2 Å². The van der Waals surface area contributed by atoms with Gasteiger partial charge in [0.2, 0.25) is 0 Å². The van der Waals surface area contributed by atoms with Gasteiger partial charge in [0.05, 0.1) is 57.5 Å². The molecule has 2 aliphatic rings. The second-order valence-corrected chi connectivity index (χ2v) is 11.3. The van der Waals surface area contributed by atoms with E-state index in [0.29, 0.717) is 33.0 Å². The van der Waals surface area contributed by atoms with Crippen molar-refractivity contribution in [1.29, 1.82) is 0 Å². The Balaban J connectivity index is 1.45. The van der Waals surface area contributed by atoms with Gasteiger partial charge in [0, 0.05) is 39.8 Å². The fourth-order valence-corrected chi connectivity index (χ4v) is 5.72. The summed E-state index contributed by atoms with van der Waals surface area (Å²) in [6.07, 6.45) is 4.38. The minimum atomic E-state index is 0.0852. The number of nitrogens with zero attached hydrogens (tertiary/aromatic N) is 2. The highest BCUT2D eigenvalue weighted by Crippen LogP contribution is 2.39. The third kappa shape index (κ3) is 9.66. The molecule has 0 amide bonds. The smallest absolute Gasteiger partial charge is 0.142 e. The maximum Gasteiger partial charge on any atom is 0.142 e. The van der Waals surface area contributed by atoms with E-state index in [1.54, 1.807) is 14.2 Å². The fourth-order valence-electron chi connectivity index (χ4n) is 5.72. The van der Waals surface area contributed by atoms with Crippen molar-refractivity contribution < 1.29 is 28.4 Å². The first-order valence-electron chi connectivity index (χ1n) is 15.1. The molecule has 1 heterocycles. The molecule has 0 saturated heterocycles. The Morgan fingerprint density at radius 3 is 2.37 bits per heavy atom. The lowest BCUT2D eigenvalue weighted by Crippen LogP contribution is -2.38. The summed E-state index contributed by atoms with van der Waals surface area (Å²) < 4.78 is 35.3. The van der Waals surface area contributed by atoms with Crippen molar-refractivity contribution in [3.8, 4) is 5.75 Å². The lowest BCUT2D eigenvalue weighted by Gasteiger charge is -2.38. The molecule has 0 N–H and O–H groups in total. The van der Waals surface area contributed by atoms with Gasteiger partial charge in [-0.3, -0.25) is 0 Å². The van der Waals surface area contributed by atoms with E-state index in [1.807, 2.05) is 0 Å². The van der Waals surface area contributed by atoms with Gasteiger partial charge >= 0.3 is 0 Å². The molecular weight excluding hydrogens is 520 g/mol. The van der Waals surface area contributed by atoms with E-state index < -0.39 is 0 Å². The third-order valence-corrected chi connectivity index (χ3v) is 7.94. The van der Waals surface area contributed by atoms with Gasteiger partial charge in [0.1, 0.15) is 12.4 Å². The van der Waals surface area contributed by atoms with Crippen molar-refractivity contribution in [3.05, 3.63) is 59.2 Å². The van der Waals surface area contributed by atoms with E-state index in [9.17, 15) is 0 Å². The van der Waals surface area contributed by atoms with E-state index in [2.05, 4.69) is 66.4 Å². The largest absolute Gasteiger partial charge is 0.490 e. The number of fused-ring (bicyclic) bond motifs is 1. The molecule has 2 aromatic carbocycles. The fraction of sp³-hybridized carbons (Fsp3) is 0.636. The van der Waals surface area contributed by atoms with Gasteiger partial charge in [-0.25, -0.2) is 0 Å². The summed E-state index contributed by atoms with van der Waals surface area (Å²) in [7, 11) is 7.62. The minimum absolute atomic E-state index is 0.0852. The zero-order chi connectivity index (χ0) is 28.9. The Bertz CT molecular complexity index is 1020. The van der Waals surface area contributed by atoms with E-state index in [4.69, 9.17) is 28.4 Å². The molecule has 0 radical (unpaired) electrons. The molecule has 228 valence electrons. The first-order valence-corrected chi connectivity index (χ1v) is 15.1. The van der Waals surface area contributed by atoms with E-state index >= 15 is 0 Å². The first-order chi connectivity index (χ1) is 20.1. The zero-order valence-corrected chi connectivity index (χ0v) is 25.5. The van der Waals surface area contributed by atoms with Crippen LogP contribution in [0.1, 0.15) is 48.3 Å². The third-order valence-electron chi connectivity index (χ3n) is 7.94. The van der Waals surface area contributed by atoms with Gasteiger partial charge in [-0.2, -0.15) is 0 Å². The normalized spacial score (nSPS) is 20.7. The molecule has 0 spiro atoms. The van der Waals surface area contributed by atoms with Crippen molar-refractivity contribution >= 4 is 5.69 Å². The molecule has 0 bridgehead atoms. The molecule has 0 aromatic heterocycles. The standard InChI is InChI=1S/C33H50N2O6/c1-34(2)16-19-40-31-7-5-8-32(33(31)28-12-9-26(10-13-28)24-38-22-21-37-4)41-25-27-11-14-30-29(23-27)35(17-20-39-30)15-6-18-36-3/h9-14,23,31-33H,5-8,15-22,24-25H2,1-4H3/t31-,32+,33+/m1/s1. The maximum absolute atomic E-state index is 6.73. The lowest BCUT2D eigenvalue weighted by atomic mass is 9.79. The van der Waals surface area contributed by atoms with Crippen LogP contribution in [0.4, 0.5) is 5.69 Å². The summed E-state index contributed by atoms with van der Waals surface area (Å²) in [6.45, 7) is 7.31. The summed E-state index contributed by atoms with van der Waals surface area (Å²) in [5, 5.41) is 0. The van der Waals surface area contributed by atoms with Crippen LogP contribution in [0.3, 0.4) is 0 Å². The van der Waals surface area contributed by atoms with Gasteiger partial charge in [0.25, 0.3) is 0 Å². The topological polar surface area (TPSA) is 61.9 Å².